The van der Waals surface area contributed by atoms with Gasteiger partial charge in [-0.15, -0.1) is 0 Å². The Balaban J connectivity index is 2.42. The molecule has 0 saturated carbocycles. The van der Waals surface area contributed by atoms with Gasteiger partial charge in [-0.3, -0.25) is 4.79 Å². The second-order valence-corrected chi connectivity index (χ2v) is 5.04. The summed E-state index contributed by atoms with van der Waals surface area (Å²) in [4.78, 5) is 22.5. The Hall–Kier alpha value is -1.23. The van der Waals surface area contributed by atoms with E-state index in [9.17, 15) is 14.7 Å². The molecule has 0 spiro atoms. The summed E-state index contributed by atoms with van der Waals surface area (Å²) < 4.78 is 1.66. The molecule has 0 aliphatic carbocycles. The summed E-state index contributed by atoms with van der Waals surface area (Å²) in [6.45, 7) is 0. The van der Waals surface area contributed by atoms with Crippen LogP contribution in [0.15, 0.2) is 29.3 Å². The zero-order chi connectivity index (χ0) is 11.6. The number of hydrogen-bond acceptors (Lipinski definition) is 3. The van der Waals surface area contributed by atoms with Crippen LogP contribution in [0.3, 0.4) is 0 Å². The number of aliphatic carboxylic acids is 1. The molecule has 86 valence electrons. The lowest BCUT2D eigenvalue weighted by Gasteiger charge is -2.35. The van der Waals surface area contributed by atoms with E-state index in [-0.39, 0.29) is 5.43 Å². The summed E-state index contributed by atoms with van der Waals surface area (Å²) in [5.41, 5.74) is -0.975. The molecule has 1 aromatic rings. The molecule has 1 unspecified atom stereocenters. The highest BCUT2D eigenvalue weighted by Gasteiger charge is 2.41. The standard InChI is InChI=1S/C11H13NO3S/c13-9-2-5-12(6-3-9)11(10(14)15)4-1-7-16-8-11/h2-3,5-6H,1,4,7-8H2,(H,14,15). The van der Waals surface area contributed by atoms with Crippen LogP contribution in [0.2, 0.25) is 0 Å². The van der Waals surface area contributed by atoms with Crippen LogP contribution in [-0.2, 0) is 10.3 Å². The highest BCUT2D eigenvalue weighted by molar-refractivity contribution is 7.99. The zero-order valence-corrected chi connectivity index (χ0v) is 9.57. The van der Waals surface area contributed by atoms with Gasteiger partial charge >= 0.3 is 5.97 Å². The minimum absolute atomic E-state index is 0.0970. The fraction of sp³-hybridized carbons (Fsp3) is 0.455. The molecule has 2 rings (SSSR count). The highest BCUT2D eigenvalue weighted by Crippen LogP contribution is 2.33. The van der Waals surface area contributed by atoms with E-state index in [2.05, 4.69) is 0 Å². The van der Waals surface area contributed by atoms with Gasteiger partial charge in [0.2, 0.25) is 0 Å². The van der Waals surface area contributed by atoms with E-state index in [1.165, 1.54) is 12.1 Å². The lowest BCUT2D eigenvalue weighted by molar-refractivity contribution is -0.146. The molecule has 1 N–H and O–H groups in total. The van der Waals surface area contributed by atoms with Gasteiger partial charge < -0.3 is 9.67 Å². The van der Waals surface area contributed by atoms with Gasteiger partial charge in [-0.2, -0.15) is 11.8 Å². The minimum atomic E-state index is -0.878. The molecule has 4 nitrogen and oxygen atoms in total. The third-order valence-corrected chi connectivity index (χ3v) is 4.17. The summed E-state index contributed by atoms with van der Waals surface area (Å²) in [5, 5.41) is 9.40. The maximum absolute atomic E-state index is 11.4. The number of carbonyl (C=O) groups is 1. The largest absolute Gasteiger partial charge is 0.479 e. The summed E-state index contributed by atoms with van der Waals surface area (Å²) in [7, 11) is 0. The van der Waals surface area contributed by atoms with Gasteiger partial charge in [0.25, 0.3) is 0 Å². The van der Waals surface area contributed by atoms with Crippen molar-refractivity contribution in [3.05, 3.63) is 34.7 Å². The quantitative estimate of drug-likeness (QED) is 0.841. The van der Waals surface area contributed by atoms with Gasteiger partial charge in [-0.05, 0) is 18.6 Å². The highest BCUT2D eigenvalue weighted by atomic mass is 32.2. The number of carboxylic acids is 1. The minimum Gasteiger partial charge on any atom is -0.479 e. The number of aromatic nitrogens is 1. The van der Waals surface area contributed by atoms with Gasteiger partial charge in [0.15, 0.2) is 11.0 Å². The SMILES string of the molecule is O=C(O)C1(n2ccc(=O)cc2)CCCSC1. The Labute approximate surface area is 97.3 Å². The maximum atomic E-state index is 11.4. The predicted molar refractivity (Wildman–Crippen MR) is 62.9 cm³/mol. The summed E-state index contributed by atoms with van der Waals surface area (Å²) >= 11 is 1.65. The van der Waals surface area contributed by atoms with Crippen LogP contribution in [0, 0.1) is 0 Å². The topological polar surface area (TPSA) is 59.3 Å². The van der Waals surface area contributed by atoms with E-state index in [1.807, 2.05) is 0 Å². The fourth-order valence-corrected chi connectivity index (χ4v) is 3.21. The van der Waals surface area contributed by atoms with Crippen molar-refractivity contribution < 1.29 is 9.90 Å². The third-order valence-electron chi connectivity index (χ3n) is 2.91. The van der Waals surface area contributed by atoms with Gasteiger partial charge in [0, 0.05) is 30.3 Å². The van der Waals surface area contributed by atoms with Crippen molar-refractivity contribution in [2.75, 3.05) is 11.5 Å². The van der Waals surface area contributed by atoms with Crippen molar-refractivity contribution >= 4 is 17.7 Å². The lowest BCUT2D eigenvalue weighted by atomic mass is 9.95. The van der Waals surface area contributed by atoms with Gasteiger partial charge in [-0.1, -0.05) is 0 Å². The molecule has 0 radical (unpaired) electrons. The number of rotatable bonds is 2. The molecular formula is C11H13NO3S. The summed E-state index contributed by atoms with van der Waals surface area (Å²) in [6.07, 6.45) is 4.66. The predicted octanol–water partition coefficient (Wildman–Crippen LogP) is 1.16. The van der Waals surface area contributed by atoms with Crippen molar-refractivity contribution in [1.29, 1.82) is 0 Å². The first kappa shape index (κ1) is 11.3. The van der Waals surface area contributed by atoms with Gasteiger partial charge in [-0.25, -0.2) is 4.79 Å². The van der Waals surface area contributed by atoms with Gasteiger partial charge in [0.1, 0.15) is 0 Å². The van der Waals surface area contributed by atoms with Crippen molar-refractivity contribution in [3.63, 3.8) is 0 Å². The van der Waals surface area contributed by atoms with Crippen molar-refractivity contribution in [3.8, 4) is 0 Å². The Morgan fingerprint density at radius 2 is 2.12 bits per heavy atom. The van der Waals surface area contributed by atoms with Crippen LogP contribution in [0.25, 0.3) is 0 Å². The molecule has 1 aliphatic heterocycles. The summed E-state index contributed by atoms with van der Waals surface area (Å²) in [6, 6.07) is 2.81. The van der Waals surface area contributed by atoms with E-state index in [0.717, 1.165) is 12.2 Å². The molecule has 16 heavy (non-hydrogen) atoms. The average Bonchev–Trinajstić information content (AvgIpc) is 2.30. The molecule has 5 heteroatoms. The van der Waals surface area contributed by atoms with Crippen LogP contribution in [0.4, 0.5) is 0 Å². The van der Waals surface area contributed by atoms with E-state index in [4.69, 9.17) is 0 Å². The van der Waals surface area contributed by atoms with Crippen molar-refractivity contribution in [2.45, 2.75) is 18.4 Å². The number of thioether (sulfide) groups is 1. The summed E-state index contributed by atoms with van der Waals surface area (Å²) in [5.74, 6) is 0.754. The maximum Gasteiger partial charge on any atom is 0.330 e. The van der Waals surface area contributed by atoms with Gasteiger partial charge in [0.05, 0.1) is 0 Å². The number of nitrogens with zero attached hydrogens (tertiary/aromatic N) is 1. The first-order chi connectivity index (χ1) is 7.65. The van der Waals surface area contributed by atoms with E-state index < -0.39 is 11.5 Å². The van der Waals surface area contributed by atoms with Crippen LogP contribution >= 0.6 is 11.8 Å². The molecule has 0 bridgehead atoms. The molecule has 1 atom stereocenters. The monoisotopic (exact) mass is 239 g/mol. The van der Waals surface area contributed by atoms with E-state index in [1.54, 1.807) is 28.7 Å². The molecule has 1 saturated heterocycles. The van der Waals surface area contributed by atoms with Crippen LogP contribution in [0.1, 0.15) is 12.8 Å². The van der Waals surface area contributed by atoms with Crippen LogP contribution < -0.4 is 5.43 Å². The number of hydrogen-bond donors (Lipinski definition) is 1. The second kappa shape index (κ2) is 4.33. The smallest absolute Gasteiger partial charge is 0.330 e. The molecule has 1 fully saturated rings. The van der Waals surface area contributed by atoms with Crippen LogP contribution in [0.5, 0.6) is 0 Å². The van der Waals surface area contributed by atoms with Crippen LogP contribution in [-0.4, -0.2) is 27.1 Å². The number of pyridine rings is 1. The third kappa shape index (κ3) is 1.87. The Bertz CT molecular complexity index is 428. The second-order valence-electron chi connectivity index (χ2n) is 3.93. The lowest BCUT2D eigenvalue weighted by Crippen LogP contribution is -2.46. The van der Waals surface area contributed by atoms with E-state index in [0.29, 0.717) is 12.2 Å². The molecule has 0 aromatic carbocycles. The first-order valence-electron chi connectivity index (χ1n) is 5.15. The first-order valence-corrected chi connectivity index (χ1v) is 6.31. The van der Waals surface area contributed by atoms with Crippen molar-refractivity contribution in [1.82, 2.24) is 4.57 Å². The Morgan fingerprint density at radius 1 is 1.44 bits per heavy atom. The normalized spacial score (nSPS) is 25.2. The Kier molecular flexibility index (Phi) is 3.05. The van der Waals surface area contributed by atoms with Crippen molar-refractivity contribution in [2.24, 2.45) is 0 Å². The molecular weight excluding hydrogens is 226 g/mol. The molecule has 0 amide bonds. The zero-order valence-electron chi connectivity index (χ0n) is 8.76. The molecule has 1 aliphatic rings. The molecule has 1 aromatic heterocycles. The fourth-order valence-electron chi connectivity index (χ4n) is 1.96. The molecule has 2 heterocycles. The van der Waals surface area contributed by atoms with E-state index >= 15 is 0 Å². The Morgan fingerprint density at radius 3 is 2.62 bits per heavy atom. The number of carboxylic acid groups (broad SMARTS) is 1. The average molecular weight is 239 g/mol.